The van der Waals surface area contributed by atoms with E-state index in [-0.39, 0.29) is 53.7 Å². The van der Waals surface area contributed by atoms with Crippen LogP contribution in [0.4, 0.5) is 0 Å². The maximum absolute atomic E-state index is 12.2. The molecule has 28 saturated carbocycles. The summed E-state index contributed by atoms with van der Waals surface area (Å²) in [5, 5.41) is 9.57. The maximum atomic E-state index is 12.2. The molecule has 5 amide bonds. The fourth-order valence-corrected chi connectivity index (χ4v) is 37.6. The summed E-state index contributed by atoms with van der Waals surface area (Å²) in [7, 11) is 3.99. The number of carbonyl (C=O) groups is 7. The zero-order valence-electron chi connectivity index (χ0n) is 72.9. The van der Waals surface area contributed by atoms with Gasteiger partial charge >= 0.3 is 11.9 Å². The summed E-state index contributed by atoms with van der Waals surface area (Å²) in [6.45, 7) is 30.8. The molecular weight excluding hydrogens is 1460 g/mol. The fraction of sp³-hybridized carbons (Fsp3) is 0.798. The predicted molar refractivity (Wildman–Crippen MR) is 461 cm³/mol. The Hall–Kier alpha value is -5.53. The van der Waals surface area contributed by atoms with E-state index in [4.69, 9.17) is 9.47 Å². The number of hydrogen-bond donors (Lipinski definition) is 3. The fourth-order valence-electron chi connectivity index (χ4n) is 37.6. The lowest BCUT2D eigenvalue weighted by molar-refractivity contribution is -0.166. The average Bonchev–Trinajstić information content (AvgIpc) is 1.56. The van der Waals surface area contributed by atoms with Gasteiger partial charge < -0.3 is 35.2 Å². The zero-order valence-corrected chi connectivity index (χ0v) is 72.9. The Morgan fingerprint density at radius 3 is 0.992 bits per heavy atom. The maximum Gasteiger partial charge on any atom is 0.333 e. The van der Waals surface area contributed by atoms with Crippen LogP contribution in [0.15, 0.2) is 87.1 Å². The van der Waals surface area contributed by atoms with Crippen molar-refractivity contribution < 1.29 is 43.0 Å². The largest absolute Gasteiger partial charge is 0.459 e. The molecule has 28 rings (SSSR count). The molecule has 0 aliphatic heterocycles. The smallest absolute Gasteiger partial charge is 0.333 e. The Bertz CT molecular complexity index is 3800. The molecule has 28 unspecified atom stereocenters. The summed E-state index contributed by atoms with van der Waals surface area (Å²) in [5.41, 5.74) is 1.88. The van der Waals surface area contributed by atoms with Crippen molar-refractivity contribution in [2.75, 3.05) is 14.1 Å². The van der Waals surface area contributed by atoms with Gasteiger partial charge in [-0.1, -0.05) is 46.1 Å². The SMILES string of the molecule is C=C(C)C(=O)N(C)C1CC2CC1C1C3CCC(C3)C21.C=C(C)C(=O)NC1CC2CC1C1C3CCC(C3)C21.C=C(C)C(=O)OC1C2CC3CC(C2)CC1C3.C=CC(=O)N(C)C1CC2CC1C1C3CCC(C3)C21.C=CC(=O)NC1C2CC3CC(C2)CC1C3.C=CC(=O)NC1CC2CC1C1C3CCC(C3)C21.C=CC(=O)OC1C2CC3CC(C2)CC1C3. The molecule has 28 atom stereocenters. The van der Waals surface area contributed by atoms with E-state index in [2.05, 4.69) is 62.0 Å². The van der Waals surface area contributed by atoms with Gasteiger partial charge in [-0.2, -0.15) is 0 Å². The first-order chi connectivity index (χ1) is 56.8. The van der Waals surface area contributed by atoms with Crippen molar-refractivity contribution in [1.82, 2.24) is 25.8 Å². The van der Waals surface area contributed by atoms with Crippen molar-refractivity contribution in [3.05, 3.63) is 87.1 Å². The summed E-state index contributed by atoms with van der Waals surface area (Å²) in [4.78, 5) is 85.6. The first-order valence-corrected chi connectivity index (χ1v) is 49.2. The van der Waals surface area contributed by atoms with Gasteiger partial charge in [0.2, 0.25) is 29.5 Å². The second-order valence-electron chi connectivity index (χ2n) is 46.0. The lowest BCUT2D eigenvalue weighted by Crippen LogP contribution is -2.55. The van der Waals surface area contributed by atoms with Crippen LogP contribution in [-0.2, 0) is 43.0 Å². The van der Waals surface area contributed by atoms with E-state index in [9.17, 15) is 33.6 Å². The third-order valence-electron chi connectivity index (χ3n) is 40.3. The molecule has 0 aromatic rings. The molecule has 0 aromatic carbocycles. The summed E-state index contributed by atoms with van der Waals surface area (Å²) in [6, 6.07) is 2.41. The molecule has 28 aliphatic rings. The van der Waals surface area contributed by atoms with E-state index in [1.54, 1.807) is 6.92 Å². The van der Waals surface area contributed by atoms with E-state index in [1.807, 2.05) is 37.7 Å². The zero-order chi connectivity index (χ0) is 81.9. The predicted octanol–water partition coefficient (Wildman–Crippen LogP) is 18.5. The van der Waals surface area contributed by atoms with Gasteiger partial charge in [0.1, 0.15) is 12.2 Å². The van der Waals surface area contributed by atoms with Crippen LogP contribution >= 0.6 is 0 Å². The summed E-state index contributed by atoms with van der Waals surface area (Å²) in [6.07, 6.45) is 54.7. The number of carbonyl (C=O) groups excluding carboxylic acids is 7. The van der Waals surface area contributed by atoms with Crippen molar-refractivity contribution in [3.8, 4) is 0 Å². The minimum absolute atomic E-state index is 0.0208. The van der Waals surface area contributed by atoms with E-state index < -0.39 is 0 Å². The number of rotatable bonds is 14. The number of likely N-dealkylation sites (N-methyl/N-ethyl adjacent to an activating group) is 2. The second-order valence-corrected chi connectivity index (χ2v) is 46.0. The topological polar surface area (TPSA) is 181 Å². The van der Waals surface area contributed by atoms with Crippen molar-refractivity contribution >= 4 is 41.5 Å². The molecule has 14 nitrogen and oxygen atoms in total. The van der Waals surface area contributed by atoms with E-state index in [0.717, 1.165) is 189 Å². The highest BCUT2D eigenvalue weighted by atomic mass is 16.5. The molecule has 28 bridgehead atoms. The Kier molecular flexibility index (Phi) is 22.9. The third-order valence-corrected chi connectivity index (χ3v) is 40.3. The van der Waals surface area contributed by atoms with E-state index in [0.29, 0.717) is 70.6 Å². The Labute approximate surface area is 708 Å². The Balaban J connectivity index is 0.0000000916. The van der Waals surface area contributed by atoms with Crippen molar-refractivity contribution in [2.45, 2.75) is 288 Å². The van der Waals surface area contributed by atoms with Gasteiger partial charge in [0, 0.05) is 67.1 Å². The number of ether oxygens (including phenoxy) is 2. The molecule has 118 heavy (non-hydrogen) atoms. The molecule has 28 aliphatic carbocycles. The summed E-state index contributed by atoms with van der Waals surface area (Å²) < 4.78 is 11.2. The van der Waals surface area contributed by atoms with Crippen LogP contribution in [0.3, 0.4) is 0 Å². The van der Waals surface area contributed by atoms with Gasteiger partial charge in [-0.25, -0.2) is 9.59 Å². The van der Waals surface area contributed by atoms with Gasteiger partial charge in [0.25, 0.3) is 0 Å². The highest BCUT2D eigenvalue weighted by molar-refractivity contribution is 5.93. The first kappa shape index (κ1) is 82.1. The van der Waals surface area contributed by atoms with Gasteiger partial charge in [-0.05, 0) is 477 Å². The van der Waals surface area contributed by atoms with Crippen LogP contribution < -0.4 is 16.0 Å². The normalized spacial score (nSPS) is 49.3. The van der Waals surface area contributed by atoms with Crippen LogP contribution in [0, 0.1) is 213 Å². The van der Waals surface area contributed by atoms with Crippen molar-refractivity contribution in [2.24, 2.45) is 213 Å². The van der Waals surface area contributed by atoms with Gasteiger partial charge in [-0.15, -0.1) is 0 Å². The van der Waals surface area contributed by atoms with Gasteiger partial charge in [0.05, 0.1) is 0 Å². The minimum Gasteiger partial charge on any atom is -0.459 e. The van der Waals surface area contributed by atoms with Gasteiger partial charge in [-0.3, -0.25) is 24.0 Å². The van der Waals surface area contributed by atoms with Crippen LogP contribution in [0.2, 0.25) is 0 Å². The first-order valence-electron chi connectivity index (χ1n) is 49.2. The van der Waals surface area contributed by atoms with Crippen LogP contribution in [0.25, 0.3) is 0 Å². The molecule has 28 fully saturated rings. The molecule has 0 saturated heterocycles. The monoisotopic (exact) mass is 1610 g/mol. The number of fused-ring (bicyclic) bond motifs is 36. The highest BCUT2D eigenvalue weighted by Crippen LogP contribution is 2.72. The molecular formula is C104H149N5O9. The Morgan fingerprint density at radius 2 is 0.636 bits per heavy atom. The molecule has 14 heteroatoms. The quantitative estimate of drug-likeness (QED) is 0.0866. The summed E-state index contributed by atoms with van der Waals surface area (Å²) in [5.74, 6) is 32.9. The lowest BCUT2D eigenvalue weighted by atomic mass is 9.54. The standard InChI is InChI=1S/C17H25NO.2C16H23NO.C15H21NO.C14H20O2.C13H19NO.C13H18O2/c1-9(2)17(19)18(3)14-8-12-7-13(14)16-11-5-4-10(6-11)15(12)16;1-8(2)16(18)17-13-7-11-6-12(13)15-10-4-3-9(5-10)14(11)15;1-3-14(18)17(2)13-8-11-7-12(13)16-10-5-4-9(6-10)15(11)16;1-2-13(17)16-12-7-10-6-11(12)15-9-4-3-8(5-9)14(10)15;1-8(2)14(15)16-13-11-4-9-3-10(6-11)7-12(13)5-9;1-2-12(15)14-13-10-4-8-3-9(6-10)7-11(13)5-8;1-2-12(14)15-13-10-4-8-3-9(6-10)7-11(13)5-8/h10-16H,1,4-8H2,2-3H3;9-15H,1,3-7H2,2H3,(H,17,18);3,9-13,15-16H,1,4-8H2,2H3;2,8-12,14-15H,1,3-7H2,(H,16,17);9-13H,1,3-7H2,2H3;2,8-11,13H,1,3-7H2,(H,14,15);2,8-11,13H,1,3-7H2. The number of nitrogens with one attached hydrogen (secondary N) is 3. The lowest BCUT2D eigenvalue weighted by Gasteiger charge is -2.54. The molecule has 3 N–H and O–H groups in total. The molecule has 0 radical (unpaired) electrons. The number of amides is 5. The van der Waals surface area contributed by atoms with E-state index in [1.165, 1.54) is 249 Å². The molecule has 0 heterocycles. The third kappa shape index (κ3) is 14.9. The average molecular weight is 1610 g/mol. The van der Waals surface area contributed by atoms with Crippen LogP contribution in [-0.4, -0.2) is 108 Å². The summed E-state index contributed by atoms with van der Waals surface area (Å²) >= 11 is 0. The van der Waals surface area contributed by atoms with Crippen molar-refractivity contribution in [1.29, 1.82) is 0 Å². The molecule has 0 spiro atoms. The molecule has 0 aromatic heterocycles. The van der Waals surface area contributed by atoms with Gasteiger partial charge in [0.15, 0.2) is 0 Å². The van der Waals surface area contributed by atoms with Crippen LogP contribution in [0.1, 0.15) is 245 Å². The van der Waals surface area contributed by atoms with Crippen LogP contribution in [0.5, 0.6) is 0 Å². The van der Waals surface area contributed by atoms with Crippen molar-refractivity contribution in [3.63, 3.8) is 0 Å². The Morgan fingerprint density at radius 1 is 0.305 bits per heavy atom. The number of esters is 2. The van der Waals surface area contributed by atoms with E-state index >= 15 is 0 Å². The number of hydrogen-bond acceptors (Lipinski definition) is 9. The number of nitrogens with zero attached hydrogens (tertiary/aromatic N) is 2. The second kappa shape index (κ2) is 32.9. The molecule has 644 valence electrons. The highest BCUT2D eigenvalue weighted by Gasteiger charge is 2.67. The minimum atomic E-state index is -0.229.